The predicted octanol–water partition coefficient (Wildman–Crippen LogP) is 3.75. The number of benzene rings is 1. The third kappa shape index (κ3) is 5.81. The van der Waals surface area contributed by atoms with Crippen molar-refractivity contribution in [2.24, 2.45) is 0 Å². The van der Waals surface area contributed by atoms with Crippen molar-refractivity contribution in [2.75, 3.05) is 6.61 Å². The molecule has 1 aromatic heterocycles. The summed E-state index contributed by atoms with van der Waals surface area (Å²) < 4.78 is 4.95. The van der Waals surface area contributed by atoms with E-state index in [-0.39, 0.29) is 37.2 Å². The fourth-order valence-corrected chi connectivity index (χ4v) is 3.09. The fraction of sp³-hybridized carbons (Fsp3) is 0.350. The van der Waals surface area contributed by atoms with Gasteiger partial charge in [-0.15, -0.1) is 11.3 Å². The highest BCUT2D eigenvalue weighted by atomic mass is 32.1. The molecule has 26 heavy (non-hydrogen) atoms. The Kier molecular flexibility index (Phi) is 7.09. The van der Waals surface area contributed by atoms with E-state index in [0.717, 1.165) is 11.1 Å². The van der Waals surface area contributed by atoms with Crippen LogP contribution in [0.25, 0.3) is 0 Å². The van der Waals surface area contributed by atoms with E-state index in [1.165, 1.54) is 16.9 Å². The Labute approximate surface area is 157 Å². The Bertz CT molecular complexity index is 783. The van der Waals surface area contributed by atoms with Gasteiger partial charge in [-0.1, -0.05) is 24.3 Å². The fourth-order valence-electron chi connectivity index (χ4n) is 2.39. The number of carbonyl (C=O) groups is 3. The number of thiophene rings is 1. The molecule has 2 aromatic rings. The summed E-state index contributed by atoms with van der Waals surface area (Å²) in [5, 5.41) is 4.62. The molecule has 0 saturated carbocycles. The van der Waals surface area contributed by atoms with Crippen molar-refractivity contribution in [2.45, 2.75) is 39.7 Å². The van der Waals surface area contributed by atoms with E-state index in [1.807, 2.05) is 44.4 Å². The number of hydrogen-bond donors (Lipinski definition) is 1. The Morgan fingerprint density at radius 1 is 1.12 bits per heavy atom. The maximum Gasteiger partial charge on any atom is 0.306 e. The molecule has 5 nitrogen and oxygen atoms in total. The summed E-state index contributed by atoms with van der Waals surface area (Å²) in [6, 6.07) is 9.34. The Hall–Kier alpha value is -2.47. The van der Waals surface area contributed by atoms with Gasteiger partial charge in [-0.3, -0.25) is 14.4 Å². The van der Waals surface area contributed by atoms with Gasteiger partial charge in [-0.25, -0.2) is 0 Å². The standard InChI is InChI=1S/C20H23NO4S/c1-13-6-7-16(11-14(13)2)15(3)21-19(23)12-25-20(24)9-8-17(22)18-5-4-10-26-18/h4-7,10-11,15H,8-9,12H2,1-3H3,(H,21,23)/t15-/m0/s1. The summed E-state index contributed by atoms with van der Waals surface area (Å²) >= 11 is 1.34. The number of hydrogen-bond acceptors (Lipinski definition) is 5. The number of ketones is 1. The summed E-state index contributed by atoms with van der Waals surface area (Å²) in [5.41, 5.74) is 3.35. The summed E-state index contributed by atoms with van der Waals surface area (Å²) in [6.45, 7) is 5.59. The van der Waals surface area contributed by atoms with Gasteiger partial charge in [-0.05, 0) is 48.9 Å². The number of ether oxygens (including phenoxy) is 1. The summed E-state index contributed by atoms with van der Waals surface area (Å²) in [6.07, 6.45) is 0.0523. The van der Waals surface area contributed by atoms with E-state index in [9.17, 15) is 14.4 Å². The molecule has 0 aliphatic carbocycles. The van der Waals surface area contributed by atoms with Crippen molar-refractivity contribution in [3.05, 3.63) is 57.3 Å². The Morgan fingerprint density at radius 3 is 2.54 bits per heavy atom. The first-order valence-corrected chi connectivity index (χ1v) is 9.33. The number of rotatable bonds is 8. The minimum absolute atomic E-state index is 0.0310. The lowest BCUT2D eigenvalue weighted by Gasteiger charge is -2.15. The van der Waals surface area contributed by atoms with Crippen LogP contribution in [0.15, 0.2) is 35.7 Å². The molecule has 0 spiro atoms. The molecule has 1 aromatic carbocycles. The van der Waals surface area contributed by atoms with Gasteiger partial charge in [0, 0.05) is 6.42 Å². The number of Topliss-reactive ketones (excluding diaryl/α,β-unsaturated/α-hetero) is 1. The second kappa shape index (κ2) is 9.29. The molecule has 1 N–H and O–H groups in total. The molecule has 1 amide bonds. The predicted molar refractivity (Wildman–Crippen MR) is 101 cm³/mol. The van der Waals surface area contributed by atoms with Crippen LogP contribution < -0.4 is 5.32 Å². The maximum atomic E-state index is 12.0. The lowest BCUT2D eigenvalue weighted by Crippen LogP contribution is -2.31. The lowest BCUT2D eigenvalue weighted by atomic mass is 10.0. The normalized spacial score (nSPS) is 11.7. The van der Waals surface area contributed by atoms with Gasteiger partial charge in [0.15, 0.2) is 12.4 Å². The third-order valence-corrected chi connectivity index (χ3v) is 5.04. The van der Waals surface area contributed by atoms with Crippen LogP contribution in [-0.4, -0.2) is 24.3 Å². The Balaban J connectivity index is 1.72. The SMILES string of the molecule is Cc1ccc([C@H](C)NC(=O)COC(=O)CCC(=O)c2cccs2)cc1C. The monoisotopic (exact) mass is 373 g/mol. The molecule has 0 radical (unpaired) electrons. The molecule has 0 unspecified atom stereocenters. The molecule has 2 rings (SSSR count). The van der Waals surface area contributed by atoms with Crippen LogP contribution in [-0.2, 0) is 14.3 Å². The largest absolute Gasteiger partial charge is 0.456 e. The summed E-state index contributed by atoms with van der Waals surface area (Å²) in [4.78, 5) is 36.1. The molecule has 6 heteroatoms. The second-order valence-corrected chi connectivity index (χ2v) is 7.14. The first-order chi connectivity index (χ1) is 12.4. The van der Waals surface area contributed by atoms with E-state index in [0.29, 0.717) is 4.88 Å². The number of aryl methyl sites for hydroxylation is 2. The van der Waals surface area contributed by atoms with Gasteiger partial charge in [-0.2, -0.15) is 0 Å². The highest BCUT2D eigenvalue weighted by molar-refractivity contribution is 7.12. The molecule has 1 heterocycles. The van der Waals surface area contributed by atoms with E-state index >= 15 is 0 Å². The number of carbonyl (C=O) groups excluding carboxylic acids is 3. The van der Waals surface area contributed by atoms with E-state index in [2.05, 4.69) is 5.32 Å². The van der Waals surface area contributed by atoms with Crippen molar-refractivity contribution in [3.8, 4) is 0 Å². The maximum absolute atomic E-state index is 12.0. The molecule has 0 bridgehead atoms. The van der Waals surface area contributed by atoms with Gasteiger partial charge >= 0.3 is 5.97 Å². The molecule has 1 atom stereocenters. The van der Waals surface area contributed by atoms with E-state index in [4.69, 9.17) is 4.74 Å². The van der Waals surface area contributed by atoms with E-state index in [1.54, 1.807) is 12.1 Å². The van der Waals surface area contributed by atoms with Crippen molar-refractivity contribution in [3.63, 3.8) is 0 Å². The molecule has 0 aliphatic heterocycles. The van der Waals surface area contributed by atoms with Crippen LogP contribution in [0.4, 0.5) is 0 Å². The van der Waals surface area contributed by atoms with Crippen LogP contribution in [0, 0.1) is 13.8 Å². The highest BCUT2D eigenvalue weighted by Gasteiger charge is 2.14. The number of amides is 1. The van der Waals surface area contributed by atoms with Crippen LogP contribution in [0.2, 0.25) is 0 Å². The van der Waals surface area contributed by atoms with Gasteiger partial charge in [0.2, 0.25) is 0 Å². The van der Waals surface area contributed by atoms with Gasteiger partial charge in [0.25, 0.3) is 5.91 Å². The first-order valence-electron chi connectivity index (χ1n) is 8.45. The summed E-state index contributed by atoms with van der Waals surface area (Å²) in [7, 11) is 0. The number of esters is 1. The zero-order valence-corrected chi connectivity index (χ0v) is 16.0. The average molecular weight is 373 g/mol. The van der Waals surface area contributed by atoms with Gasteiger partial charge in [0.05, 0.1) is 17.3 Å². The molecular weight excluding hydrogens is 350 g/mol. The zero-order valence-electron chi connectivity index (χ0n) is 15.2. The average Bonchev–Trinajstić information content (AvgIpc) is 3.14. The zero-order chi connectivity index (χ0) is 19.1. The van der Waals surface area contributed by atoms with Crippen LogP contribution >= 0.6 is 11.3 Å². The van der Waals surface area contributed by atoms with Crippen molar-refractivity contribution in [1.29, 1.82) is 0 Å². The molecule has 138 valence electrons. The van der Waals surface area contributed by atoms with E-state index < -0.39 is 5.97 Å². The van der Waals surface area contributed by atoms with Gasteiger partial charge < -0.3 is 10.1 Å². The lowest BCUT2D eigenvalue weighted by molar-refractivity contribution is -0.148. The second-order valence-electron chi connectivity index (χ2n) is 6.19. The Morgan fingerprint density at radius 2 is 1.88 bits per heavy atom. The van der Waals surface area contributed by atoms with Crippen LogP contribution in [0.1, 0.15) is 52.2 Å². The molecule has 0 saturated heterocycles. The topological polar surface area (TPSA) is 72.5 Å². The minimum Gasteiger partial charge on any atom is -0.456 e. The molecular formula is C20H23NO4S. The van der Waals surface area contributed by atoms with Gasteiger partial charge in [0.1, 0.15) is 0 Å². The first kappa shape index (κ1) is 19.8. The van der Waals surface area contributed by atoms with Crippen molar-refractivity contribution in [1.82, 2.24) is 5.32 Å². The molecule has 0 fully saturated rings. The van der Waals surface area contributed by atoms with Crippen LogP contribution in [0.5, 0.6) is 0 Å². The summed E-state index contributed by atoms with van der Waals surface area (Å²) in [5.74, 6) is -1.01. The molecule has 0 aliphatic rings. The number of nitrogens with one attached hydrogen (secondary N) is 1. The smallest absolute Gasteiger partial charge is 0.306 e. The van der Waals surface area contributed by atoms with Crippen molar-refractivity contribution >= 4 is 29.0 Å². The minimum atomic E-state index is -0.552. The third-order valence-electron chi connectivity index (χ3n) is 4.12. The van der Waals surface area contributed by atoms with Crippen molar-refractivity contribution < 1.29 is 19.1 Å². The highest BCUT2D eigenvalue weighted by Crippen LogP contribution is 2.16. The quantitative estimate of drug-likeness (QED) is 0.565. The van der Waals surface area contributed by atoms with Crippen LogP contribution in [0.3, 0.4) is 0 Å².